The third-order valence-corrected chi connectivity index (χ3v) is 6.94. The Morgan fingerprint density at radius 3 is 2.26 bits per heavy atom. The highest BCUT2D eigenvalue weighted by Crippen LogP contribution is 2.28. The zero-order valence-electron chi connectivity index (χ0n) is 16.8. The van der Waals surface area contributed by atoms with Crippen LogP contribution in [0.15, 0.2) is 47.4 Å². The van der Waals surface area contributed by atoms with Gasteiger partial charge in [0.05, 0.1) is 23.1 Å². The SMILES string of the molecule is COc1ccc(OC2CCN(S(=O)(=O)c3cccc(C(N)=O)c3C(=O)NO)CC2)cc1. The number of primary amides is 1. The lowest BCUT2D eigenvalue weighted by Gasteiger charge is -2.32. The van der Waals surface area contributed by atoms with E-state index < -0.39 is 32.3 Å². The van der Waals surface area contributed by atoms with Gasteiger partial charge in [-0.15, -0.1) is 0 Å². The van der Waals surface area contributed by atoms with Gasteiger partial charge in [-0.05, 0) is 49.2 Å². The number of methoxy groups -OCH3 is 1. The summed E-state index contributed by atoms with van der Waals surface area (Å²) in [6.07, 6.45) is 0.682. The van der Waals surface area contributed by atoms with Crippen LogP contribution in [0.25, 0.3) is 0 Å². The number of nitrogens with zero attached hydrogens (tertiary/aromatic N) is 1. The first-order valence-electron chi connectivity index (χ1n) is 9.46. The topological polar surface area (TPSA) is 148 Å². The van der Waals surface area contributed by atoms with Crippen molar-refractivity contribution in [2.45, 2.75) is 23.8 Å². The van der Waals surface area contributed by atoms with Gasteiger partial charge in [0.2, 0.25) is 15.9 Å². The van der Waals surface area contributed by atoms with Gasteiger partial charge in [-0.1, -0.05) is 6.07 Å². The lowest BCUT2D eigenvalue weighted by atomic mass is 10.1. The molecule has 3 rings (SSSR count). The summed E-state index contributed by atoms with van der Waals surface area (Å²) < 4.78 is 38.6. The molecule has 0 spiro atoms. The largest absolute Gasteiger partial charge is 0.497 e. The van der Waals surface area contributed by atoms with E-state index in [1.54, 1.807) is 31.4 Å². The molecule has 1 aliphatic rings. The van der Waals surface area contributed by atoms with Gasteiger partial charge in [0.1, 0.15) is 17.6 Å². The molecule has 2 aromatic carbocycles. The van der Waals surface area contributed by atoms with Crippen LogP contribution >= 0.6 is 0 Å². The molecule has 2 amide bonds. The standard InChI is InChI=1S/C20H23N3O7S/c1-29-13-5-7-14(8-6-13)30-15-9-11-23(12-10-15)31(27,28)17-4-2-3-16(19(21)24)18(17)20(25)22-26/h2-8,15,26H,9-12H2,1H3,(H2,21,24)(H,22,25). The van der Waals surface area contributed by atoms with Crippen LogP contribution in [0, 0.1) is 0 Å². The molecule has 10 nitrogen and oxygen atoms in total. The van der Waals surface area contributed by atoms with Crippen LogP contribution in [-0.4, -0.2) is 56.0 Å². The lowest BCUT2D eigenvalue weighted by Crippen LogP contribution is -2.42. The minimum atomic E-state index is -4.13. The number of carbonyl (C=O) groups excluding carboxylic acids is 2. The number of hydrogen-bond acceptors (Lipinski definition) is 7. The van der Waals surface area contributed by atoms with E-state index >= 15 is 0 Å². The number of hydroxylamine groups is 1. The second-order valence-electron chi connectivity index (χ2n) is 6.88. The maximum Gasteiger partial charge on any atom is 0.276 e. The molecule has 4 N–H and O–H groups in total. The Bertz CT molecular complexity index is 1060. The molecule has 11 heteroatoms. The number of carbonyl (C=O) groups is 2. The van der Waals surface area contributed by atoms with Gasteiger partial charge < -0.3 is 15.2 Å². The van der Waals surface area contributed by atoms with Crippen LogP contribution in [0.3, 0.4) is 0 Å². The van der Waals surface area contributed by atoms with Gasteiger partial charge in [0.15, 0.2) is 0 Å². The fourth-order valence-electron chi connectivity index (χ4n) is 3.42. The van der Waals surface area contributed by atoms with Crippen molar-refractivity contribution in [2.24, 2.45) is 5.73 Å². The summed E-state index contributed by atoms with van der Waals surface area (Å²) in [6, 6.07) is 10.8. The second kappa shape index (κ2) is 9.33. The van der Waals surface area contributed by atoms with Crippen molar-refractivity contribution < 1.29 is 32.7 Å². The summed E-state index contributed by atoms with van der Waals surface area (Å²) in [5, 5.41) is 9.02. The van der Waals surface area contributed by atoms with Crippen molar-refractivity contribution >= 4 is 21.8 Å². The van der Waals surface area contributed by atoms with Gasteiger partial charge in [0, 0.05) is 13.1 Å². The Kier molecular flexibility index (Phi) is 6.78. The molecule has 0 saturated carbocycles. The minimum absolute atomic E-state index is 0.157. The first-order valence-corrected chi connectivity index (χ1v) is 10.9. The molecule has 0 radical (unpaired) electrons. The smallest absolute Gasteiger partial charge is 0.276 e. The predicted molar refractivity (Wildman–Crippen MR) is 110 cm³/mol. The maximum absolute atomic E-state index is 13.2. The number of benzene rings is 2. The summed E-state index contributed by atoms with van der Waals surface area (Å²) in [5.74, 6) is -0.764. The minimum Gasteiger partial charge on any atom is -0.497 e. The van der Waals surface area contributed by atoms with Crippen molar-refractivity contribution in [3.63, 3.8) is 0 Å². The summed E-state index contributed by atoms with van der Waals surface area (Å²) in [4.78, 5) is 23.4. The van der Waals surface area contributed by atoms with Crippen LogP contribution in [0.1, 0.15) is 33.6 Å². The van der Waals surface area contributed by atoms with Crippen LogP contribution in [0.4, 0.5) is 0 Å². The number of sulfonamides is 1. The van der Waals surface area contributed by atoms with Gasteiger partial charge in [-0.2, -0.15) is 4.31 Å². The van der Waals surface area contributed by atoms with Crippen LogP contribution < -0.4 is 20.7 Å². The van der Waals surface area contributed by atoms with Crippen molar-refractivity contribution in [1.29, 1.82) is 0 Å². The van der Waals surface area contributed by atoms with Gasteiger partial charge in [-0.25, -0.2) is 13.9 Å². The number of rotatable bonds is 7. The molecule has 1 fully saturated rings. The molecule has 1 saturated heterocycles. The average Bonchev–Trinajstić information content (AvgIpc) is 2.78. The second-order valence-corrected chi connectivity index (χ2v) is 8.79. The normalized spacial score (nSPS) is 15.3. The molecule has 1 heterocycles. The van der Waals surface area contributed by atoms with Crippen molar-refractivity contribution in [3.8, 4) is 11.5 Å². The predicted octanol–water partition coefficient (Wildman–Crippen LogP) is 1.15. The molecule has 1 aliphatic heterocycles. The number of ether oxygens (including phenoxy) is 2. The summed E-state index contributed by atoms with van der Waals surface area (Å²) >= 11 is 0. The Labute approximate surface area is 179 Å². The van der Waals surface area contributed by atoms with Gasteiger partial charge in [0.25, 0.3) is 5.91 Å². The van der Waals surface area contributed by atoms with E-state index in [4.69, 9.17) is 20.4 Å². The quantitative estimate of drug-likeness (QED) is 0.424. The highest BCUT2D eigenvalue weighted by atomic mass is 32.2. The van der Waals surface area contributed by atoms with Crippen LogP contribution in [-0.2, 0) is 10.0 Å². The molecular formula is C20H23N3O7S. The van der Waals surface area contributed by atoms with Gasteiger partial charge in [-0.3, -0.25) is 14.8 Å². The molecule has 166 valence electrons. The first-order chi connectivity index (χ1) is 14.8. The molecule has 0 atom stereocenters. The van der Waals surface area contributed by atoms with E-state index in [1.165, 1.54) is 28.0 Å². The Morgan fingerprint density at radius 1 is 1.10 bits per heavy atom. The van der Waals surface area contributed by atoms with E-state index in [0.717, 1.165) is 0 Å². The van der Waals surface area contributed by atoms with Crippen molar-refractivity contribution in [2.75, 3.05) is 20.2 Å². The highest BCUT2D eigenvalue weighted by molar-refractivity contribution is 7.89. The van der Waals surface area contributed by atoms with Crippen LogP contribution in [0.5, 0.6) is 11.5 Å². The summed E-state index contributed by atoms with van der Waals surface area (Å²) in [7, 11) is -2.56. The number of amides is 2. The van der Waals surface area contributed by atoms with Crippen molar-refractivity contribution in [1.82, 2.24) is 9.79 Å². The molecular weight excluding hydrogens is 426 g/mol. The molecule has 31 heavy (non-hydrogen) atoms. The summed E-state index contributed by atoms with van der Waals surface area (Å²) in [6.45, 7) is 0.314. The van der Waals surface area contributed by atoms with E-state index in [-0.39, 0.29) is 24.8 Å². The van der Waals surface area contributed by atoms with E-state index in [9.17, 15) is 18.0 Å². The highest BCUT2D eigenvalue weighted by Gasteiger charge is 2.34. The average molecular weight is 449 g/mol. The zero-order valence-corrected chi connectivity index (χ0v) is 17.6. The molecule has 0 unspecified atom stereocenters. The third kappa shape index (κ3) is 4.79. The monoisotopic (exact) mass is 449 g/mol. The lowest BCUT2D eigenvalue weighted by molar-refractivity contribution is 0.0698. The molecule has 0 aliphatic carbocycles. The van der Waals surface area contributed by atoms with E-state index in [2.05, 4.69) is 0 Å². The summed E-state index contributed by atoms with van der Waals surface area (Å²) in [5.41, 5.74) is 5.86. The van der Waals surface area contributed by atoms with E-state index in [0.29, 0.717) is 24.3 Å². The third-order valence-electron chi connectivity index (χ3n) is 5.00. The Morgan fingerprint density at radius 2 is 1.71 bits per heavy atom. The molecule has 2 aromatic rings. The fraction of sp³-hybridized carbons (Fsp3) is 0.300. The Hall–Kier alpha value is -3.15. The molecule has 0 bridgehead atoms. The van der Waals surface area contributed by atoms with E-state index in [1.807, 2.05) is 0 Å². The zero-order chi connectivity index (χ0) is 22.6. The first kappa shape index (κ1) is 22.5. The number of hydrogen-bond donors (Lipinski definition) is 3. The van der Waals surface area contributed by atoms with Crippen LogP contribution in [0.2, 0.25) is 0 Å². The van der Waals surface area contributed by atoms with Gasteiger partial charge >= 0.3 is 0 Å². The Balaban J connectivity index is 1.77. The number of nitrogens with one attached hydrogen (secondary N) is 1. The maximum atomic E-state index is 13.2. The van der Waals surface area contributed by atoms with Crippen molar-refractivity contribution in [3.05, 3.63) is 53.6 Å². The number of nitrogens with two attached hydrogens (primary N) is 1. The molecule has 0 aromatic heterocycles. The number of piperidine rings is 1. The fourth-order valence-corrected chi connectivity index (χ4v) is 5.10.